The van der Waals surface area contributed by atoms with Crippen molar-refractivity contribution in [1.82, 2.24) is 5.32 Å². The second kappa shape index (κ2) is 11.5. The normalized spacial score (nSPS) is 11.8. The molecule has 2 nitrogen and oxygen atoms in total. The molecule has 78 valence electrons. The van der Waals surface area contributed by atoms with Gasteiger partial charge in [0, 0.05) is 6.04 Å². The third-order valence-corrected chi connectivity index (χ3v) is 1.33. The van der Waals surface area contributed by atoms with Crippen LogP contribution in [0.4, 0.5) is 0 Å². The highest BCUT2D eigenvalue weighted by Crippen LogP contribution is 1.88. The summed E-state index contributed by atoms with van der Waals surface area (Å²) >= 11 is 0. The molecule has 0 radical (unpaired) electrons. The van der Waals surface area contributed by atoms with Gasteiger partial charge in [0.1, 0.15) is 0 Å². The molecular weight excluding hydrogens is 195 g/mol. The predicted molar refractivity (Wildman–Crippen MR) is 60.5 cm³/mol. The summed E-state index contributed by atoms with van der Waals surface area (Å²) in [5, 5.41) is 3.34. The van der Waals surface area contributed by atoms with Gasteiger partial charge in [-0.1, -0.05) is 13.8 Å². The van der Waals surface area contributed by atoms with Crippen molar-refractivity contribution in [3.05, 3.63) is 0 Å². The minimum absolute atomic E-state index is 0. The van der Waals surface area contributed by atoms with Crippen molar-refractivity contribution in [3.8, 4) is 0 Å². The van der Waals surface area contributed by atoms with Crippen LogP contribution >= 0.6 is 24.8 Å². The Morgan fingerprint density at radius 2 is 1.67 bits per heavy atom. The van der Waals surface area contributed by atoms with Crippen LogP contribution in [0.25, 0.3) is 0 Å². The topological polar surface area (TPSA) is 38.0 Å². The summed E-state index contributed by atoms with van der Waals surface area (Å²) in [4.78, 5) is 0. The summed E-state index contributed by atoms with van der Waals surface area (Å²) in [6.45, 7) is 8.61. The number of hydrogen-bond donors (Lipinski definition) is 2. The Balaban J connectivity index is -0.000000405. The van der Waals surface area contributed by atoms with Crippen LogP contribution in [0.5, 0.6) is 0 Å². The van der Waals surface area contributed by atoms with E-state index in [1.54, 1.807) is 0 Å². The van der Waals surface area contributed by atoms with Crippen molar-refractivity contribution in [2.24, 2.45) is 11.7 Å². The predicted octanol–water partition coefficient (Wildman–Crippen LogP) is 1.81. The summed E-state index contributed by atoms with van der Waals surface area (Å²) < 4.78 is 0. The highest BCUT2D eigenvalue weighted by molar-refractivity contribution is 5.85. The van der Waals surface area contributed by atoms with Crippen molar-refractivity contribution in [2.75, 3.05) is 13.1 Å². The third kappa shape index (κ3) is 16.8. The van der Waals surface area contributed by atoms with E-state index in [-0.39, 0.29) is 24.8 Å². The molecule has 0 saturated carbocycles. The zero-order valence-corrected chi connectivity index (χ0v) is 9.80. The van der Waals surface area contributed by atoms with Gasteiger partial charge in [0.15, 0.2) is 0 Å². The largest absolute Gasteiger partial charge is 0.328 e. The molecule has 0 amide bonds. The van der Waals surface area contributed by atoms with Crippen LogP contribution < -0.4 is 11.1 Å². The lowest BCUT2D eigenvalue weighted by Gasteiger charge is -2.08. The molecule has 0 rings (SSSR count). The van der Waals surface area contributed by atoms with Gasteiger partial charge in [-0.05, 0) is 32.4 Å². The minimum atomic E-state index is 0. The Morgan fingerprint density at radius 3 is 2.00 bits per heavy atom. The quantitative estimate of drug-likeness (QED) is 0.689. The number of rotatable bonds is 5. The van der Waals surface area contributed by atoms with E-state index < -0.39 is 0 Å². The summed E-state index contributed by atoms with van der Waals surface area (Å²) in [6.07, 6.45) is 1.08. The summed E-state index contributed by atoms with van der Waals surface area (Å²) in [7, 11) is 0. The van der Waals surface area contributed by atoms with E-state index in [0.717, 1.165) is 25.4 Å². The first-order valence-corrected chi connectivity index (χ1v) is 4.09. The van der Waals surface area contributed by atoms with Gasteiger partial charge in [-0.25, -0.2) is 0 Å². The number of nitrogens with one attached hydrogen (secondary N) is 1. The molecule has 0 aromatic heterocycles. The molecule has 0 heterocycles. The molecule has 1 unspecified atom stereocenters. The zero-order chi connectivity index (χ0) is 7.98. The first kappa shape index (κ1) is 18.3. The molecule has 0 saturated heterocycles. The first-order valence-electron chi connectivity index (χ1n) is 4.09. The minimum Gasteiger partial charge on any atom is -0.328 e. The fraction of sp³-hybridized carbons (Fsp3) is 1.00. The van der Waals surface area contributed by atoms with Crippen LogP contribution in [0.3, 0.4) is 0 Å². The molecule has 0 aliphatic rings. The molecular formula is C8H22Cl2N2. The van der Waals surface area contributed by atoms with Crippen molar-refractivity contribution >= 4 is 24.8 Å². The smallest absolute Gasteiger partial charge is 0.00225 e. The van der Waals surface area contributed by atoms with Gasteiger partial charge < -0.3 is 11.1 Å². The van der Waals surface area contributed by atoms with Gasteiger partial charge >= 0.3 is 0 Å². The number of nitrogens with two attached hydrogens (primary N) is 1. The summed E-state index contributed by atoms with van der Waals surface area (Å²) in [5.74, 6) is 0.744. The van der Waals surface area contributed by atoms with Crippen LogP contribution in [0.2, 0.25) is 0 Å². The standard InChI is InChI=1S/C8H20N2.2ClH/c1-7(2)6-10-5-4-8(3)9;;/h7-8,10H,4-6,9H2,1-3H3;2*1H. The molecule has 0 spiro atoms. The molecule has 0 bridgehead atoms. The van der Waals surface area contributed by atoms with E-state index in [0.29, 0.717) is 6.04 Å². The van der Waals surface area contributed by atoms with E-state index >= 15 is 0 Å². The Morgan fingerprint density at radius 1 is 1.17 bits per heavy atom. The Kier molecular flexibility index (Phi) is 17.6. The maximum absolute atomic E-state index is 5.57. The molecule has 0 fully saturated rings. The van der Waals surface area contributed by atoms with Gasteiger partial charge in [0.25, 0.3) is 0 Å². The van der Waals surface area contributed by atoms with Crippen LogP contribution in [-0.2, 0) is 0 Å². The molecule has 0 aromatic carbocycles. The fourth-order valence-corrected chi connectivity index (χ4v) is 0.720. The lowest BCUT2D eigenvalue weighted by atomic mass is 10.2. The first-order chi connectivity index (χ1) is 4.63. The van der Waals surface area contributed by atoms with E-state index in [2.05, 4.69) is 19.2 Å². The van der Waals surface area contributed by atoms with E-state index in [1.165, 1.54) is 0 Å². The Bertz CT molecular complexity index is 67.5. The zero-order valence-electron chi connectivity index (χ0n) is 8.17. The SMILES string of the molecule is CC(C)CNCCC(C)N.Cl.Cl. The molecule has 4 heteroatoms. The lowest BCUT2D eigenvalue weighted by molar-refractivity contribution is 0.523. The molecule has 0 aliphatic heterocycles. The van der Waals surface area contributed by atoms with Gasteiger partial charge in [-0.15, -0.1) is 24.8 Å². The van der Waals surface area contributed by atoms with Gasteiger partial charge in [-0.3, -0.25) is 0 Å². The van der Waals surface area contributed by atoms with Crippen molar-refractivity contribution in [2.45, 2.75) is 33.2 Å². The molecule has 3 N–H and O–H groups in total. The van der Waals surface area contributed by atoms with Gasteiger partial charge in [-0.2, -0.15) is 0 Å². The van der Waals surface area contributed by atoms with Gasteiger partial charge in [0.2, 0.25) is 0 Å². The Labute approximate surface area is 88.5 Å². The third-order valence-electron chi connectivity index (χ3n) is 1.33. The molecule has 0 aliphatic carbocycles. The summed E-state index contributed by atoms with van der Waals surface area (Å²) in [5.41, 5.74) is 5.57. The van der Waals surface area contributed by atoms with E-state index in [1.807, 2.05) is 6.92 Å². The number of hydrogen-bond acceptors (Lipinski definition) is 2. The average Bonchev–Trinajstić information content (AvgIpc) is 1.79. The summed E-state index contributed by atoms with van der Waals surface area (Å²) in [6, 6.07) is 0.333. The average molecular weight is 217 g/mol. The molecule has 0 aromatic rings. The lowest BCUT2D eigenvalue weighted by Crippen LogP contribution is -2.26. The monoisotopic (exact) mass is 216 g/mol. The van der Waals surface area contributed by atoms with Crippen molar-refractivity contribution in [3.63, 3.8) is 0 Å². The second-order valence-corrected chi connectivity index (χ2v) is 3.36. The second-order valence-electron chi connectivity index (χ2n) is 3.36. The van der Waals surface area contributed by atoms with Crippen molar-refractivity contribution < 1.29 is 0 Å². The highest BCUT2D eigenvalue weighted by Gasteiger charge is 1.94. The van der Waals surface area contributed by atoms with Crippen LogP contribution in [0, 0.1) is 5.92 Å². The maximum atomic E-state index is 5.57. The number of halogens is 2. The van der Waals surface area contributed by atoms with Crippen molar-refractivity contribution in [1.29, 1.82) is 0 Å². The maximum Gasteiger partial charge on any atom is 0.00225 e. The molecule has 1 atom stereocenters. The van der Waals surface area contributed by atoms with Crippen LogP contribution in [0.1, 0.15) is 27.2 Å². The Hall–Kier alpha value is 0.500. The van der Waals surface area contributed by atoms with E-state index in [9.17, 15) is 0 Å². The highest BCUT2D eigenvalue weighted by atomic mass is 35.5. The van der Waals surface area contributed by atoms with Crippen LogP contribution in [-0.4, -0.2) is 19.1 Å². The van der Waals surface area contributed by atoms with E-state index in [4.69, 9.17) is 5.73 Å². The molecule has 12 heavy (non-hydrogen) atoms. The fourth-order valence-electron chi connectivity index (χ4n) is 0.720. The van der Waals surface area contributed by atoms with Crippen LogP contribution in [0.15, 0.2) is 0 Å². The van der Waals surface area contributed by atoms with Gasteiger partial charge in [0.05, 0.1) is 0 Å².